The van der Waals surface area contributed by atoms with Crippen LogP contribution >= 0.6 is 0 Å². The molecule has 1 fully saturated rings. The van der Waals surface area contributed by atoms with Gasteiger partial charge in [-0.1, -0.05) is 13.0 Å². The van der Waals surface area contributed by atoms with Crippen LogP contribution in [0.3, 0.4) is 0 Å². The zero-order valence-electron chi connectivity index (χ0n) is 8.97. The zero-order chi connectivity index (χ0) is 9.68. The first-order valence-corrected chi connectivity index (χ1v) is 5.22. The van der Waals surface area contributed by atoms with E-state index >= 15 is 0 Å². The second-order valence-corrected chi connectivity index (χ2v) is 4.27. The molecule has 2 nitrogen and oxygen atoms in total. The fourth-order valence-corrected chi connectivity index (χ4v) is 1.87. The van der Waals surface area contributed by atoms with Crippen molar-refractivity contribution in [3.8, 4) is 0 Å². The average molecular weight is 182 g/mol. The summed E-state index contributed by atoms with van der Waals surface area (Å²) in [6.07, 6.45) is 4.31. The molecule has 0 spiro atoms. The van der Waals surface area contributed by atoms with Crippen LogP contribution in [0.5, 0.6) is 0 Å². The molecule has 0 unspecified atom stereocenters. The van der Waals surface area contributed by atoms with Crippen LogP contribution < -0.4 is 5.32 Å². The molecule has 0 radical (unpaired) electrons. The van der Waals surface area contributed by atoms with Gasteiger partial charge in [0.25, 0.3) is 0 Å². The normalized spacial score (nSPS) is 17.5. The van der Waals surface area contributed by atoms with E-state index in [9.17, 15) is 0 Å². The van der Waals surface area contributed by atoms with Gasteiger partial charge in [-0.2, -0.15) is 0 Å². The highest BCUT2D eigenvalue weighted by Gasteiger charge is 2.18. The molecule has 0 aliphatic heterocycles. The summed E-state index contributed by atoms with van der Waals surface area (Å²) in [5, 5.41) is 3.13. The lowest BCUT2D eigenvalue weighted by atomic mass is 9.85. The fourth-order valence-electron chi connectivity index (χ4n) is 1.87. The summed E-state index contributed by atoms with van der Waals surface area (Å²) >= 11 is 0. The van der Waals surface area contributed by atoms with E-state index in [1.165, 1.54) is 31.4 Å². The zero-order valence-corrected chi connectivity index (χ0v) is 8.97. The number of nitrogens with zero attached hydrogens (tertiary/aromatic N) is 1. The summed E-state index contributed by atoms with van der Waals surface area (Å²) in [7, 11) is 4.16. The van der Waals surface area contributed by atoms with Crippen molar-refractivity contribution in [3.63, 3.8) is 0 Å². The van der Waals surface area contributed by atoms with Crippen molar-refractivity contribution in [2.45, 2.75) is 19.3 Å². The van der Waals surface area contributed by atoms with Crippen molar-refractivity contribution in [1.29, 1.82) is 0 Å². The van der Waals surface area contributed by atoms with Crippen LogP contribution in [0.25, 0.3) is 0 Å². The minimum Gasteiger partial charge on any atom is -0.316 e. The van der Waals surface area contributed by atoms with Gasteiger partial charge in [0.15, 0.2) is 0 Å². The lowest BCUT2D eigenvalue weighted by Crippen LogP contribution is -2.32. The van der Waals surface area contributed by atoms with Crippen LogP contribution in [0.1, 0.15) is 19.3 Å². The molecular weight excluding hydrogens is 160 g/mol. The van der Waals surface area contributed by atoms with Gasteiger partial charge in [-0.05, 0) is 38.4 Å². The monoisotopic (exact) mass is 182 g/mol. The number of likely N-dealkylation sites (N-methyl/N-ethyl adjacent to an activating group) is 2. The molecule has 2 heteroatoms. The van der Waals surface area contributed by atoms with Gasteiger partial charge in [0.05, 0.1) is 0 Å². The Morgan fingerprint density at radius 1 is 1.54 bits per heavy atom. The van der Waals surface area contributed by atoms with Crippen LogP contribution in [0.2, 0.25) is 0 Å². The Morgan fingerprint density at radius 3 is 2.69 bits per heavy atom. The van der Waals surface area contributed by atoms with Gasteiger partial charge in [-0.15, -0.1) is 0 Å². The Hall–Kier alpha value is -0.340. The van der Waals surface area contributed by atoms with Gasteiger partial charge in [0.1, 0.15) is 0 Å². The molecule has 1 aliphatic rings. The number of hydrogen-bond acceptors (Lipinski definition) is 2. The maximum Gasteiger partial charge on any atom is 0.0199 e. The Kier molecular flexibility index (Phi) is 4.46. The molecule has 0 aromatic heterocycles. The molecular formula is C11H22N2. The molecule has 0 aromatic rings. The molecule has 1 aliphatic carbocycles. The molecule has 76 valence electrons. The lowest BCUT2D eigenvalue weighted by Gasteiger charge is -2.30. The van der Waals surface area contributed by atoms with Crippen LogP contribution in [0, 0.1) is 5.92 Å². The maximum absolute atomic E-state index is 4.03. The Balaban J connectivity index is 2.08. The largest absolute Gasteiger partial charge is 0.316 e. The van der Waals surface area contributed by atoms with E-state index in [0.717, 1.165) is 19.0 Å². The van der Waals surface area contributed by atoms with Crippen LogP contribution in [-0.2, 0) is 0 Å². The van der Waals surface area contributed by atoms with Gasteiger partial charge in [0, 0.05) is 19.6 Å². The van der Waals surface area contributed by atoms with Crippen molar-refractivity contribution in [3.05, 3.63) is 12.2 Å². The van der Waals surface area contributed by atoms with Crippen LogP contribution in [0.4, 0.5) is 0 Å². The van der Waals surface area contributed by atoms with E-state index in [4.69, 9.17) is 0 Å². The summed E-state index contributed by atoms with van der Waals surface area (Å²) in [5.74, 6) is 0.965. The third kappa shape index (κ3) is 3.92. The first kappa shape index (κ1) is 10.7. The lowest BCUT2D eigenvalue weighted by molar-refractivity contribution is 0.215. The van der Waals surface area contributed by atoms with Gasteiger partial charge < -0.3 is 10.2 Å². The summed E-state index contributed by atoms with van der Waals surface area (Å²) in [5.41, 5.74) is 1.28. The first-order chi connectivity index (χ1) is 6.22. The second-order valence-electron chi connectivity index (χ2n) is 4.27. The predicted molar refractivity (Wildman–Crippen MR) is 57.9 cm³/mol. The molecule has 0 atom stereocenters. The fraction of sp³-hybridized carbons (Fsp3) is 0.818. The first-order valence-electron chi connectivity index (χ1n) is 5.22. The van der Waals surface area contributed by atoms with Crippen LogP contribution in [-0.4, -0.2) is 38.6 Å². The molecule has 1 rings (SSSR count). The molecule has 0 saturated heterocycles. The van der Waals surface area contributed by atoms with E-state index in [0.29, 0.717) is 0 Å². The summed E-state index contributed by atoms with van der Waals surface area (Å²) in [6, 6.07) is 0. The molecule has 13 heavy (non-hydrogen) atoms. The molecule has 0 amide bonds. The number of nitrogens with one attached hydrogen (secondary N) is 1. The van der Waals surface area contributed by atoms with Crippen molar-refractivity contribution in [1.82, 2.24) is 10.2 Å². The second kappa shape index (κ2) is 5.40. The number of hydrogen-bond donors (Lipinski definition) is 1. The minimum absolute atomic E-state index is 0.939. The highest BCUT2D eigenvalue weighted by molar-refractivity contribution is 4.99. The Morgan fingerprint density at radius 2 is 2.23 bits per heavy atom. The molecule has 1 N–H and O–H groups in total. The standard InChI is InChI=1S/C11H22N2/c1-10(7-12-2)8-13(3)9-11-5-4-6-11/h11-12H,1,4-9H2,2-3H3. The predicted octanol–water partition coefficient (Wildman–Crippen LogP) is 1.49. The van der Waals surface area contributed by atoms with Crippen molar-refractivity contribution >= 4 is 0 Å². The van der Waals surface area contributed by atoms with Gasteiger partial charge in [-0.25, -0.2) is 0 Å². The maximum atomic E-state index is 4.03. The van der Waals surface area contributed by atoms with Gasteiger partial charge in [0.2, 0.25) is 0 Å². The third-order valence-electron chi connectivity index (χ3n) is 2.71. The van der Waals surface area contributed by atoms with Crippen molar-refractivity contribution in [2.75, 3.05) is 33.7 Å². The topological polar surface area (TPSA) is 15.3 Å². The Bertz CT molecular complexity index is 161. The van der Waals surface area contributed by atoms with E-state index in [1.54, 1.807) is 0 Å². The summed E-state index contributed by atoms with van der Waals surface area (Å²) in [4.78, 5) is 2.39. The molecule has 0 heterocycles. The van der Waals surface area contributed by atoms with Gasteiger partial charge in [-0.3, -0.25) is 0 Å². The van der Waals surface area contributed by atoms with E-state index < -0.39 is 0 Å². The smallest absolute Gasteiger partial charge is 0.0199 e. The highest BCUT2D eigenvalue weighted by atomic mass is 15.1. The molecule has 0 aromatic carbocycles. The van der Waals surface area contributed by atoms with E-state index in [1.807, 2.05) is 7.05 Å². The minimum atomic E-state index is 0.939. The quantitative estimate of drug-likeness (QED) is 0.626. The van der Waals surface area contributed by atoms with Crippen molar-refractivity contribution in [2.24, 2.45) is 5.92 Å². The van der Waals surface area contributed by atoms with Gasteiger partial charge >= 0.3 is 0 Å². The third-order valence-corrected chi connectivity index (χ3v) is 2.71. The average Bonchev–Trinajstić information content (AvgIpc) is 1.97. The molecule has 1 saturated carbocycles. The highest BCUT2D eigenvalue weighted by Crippen LogP contribution is 2.26. The number of rotatable bonds is 6. The van der Waals surface area contributed by atoms with Crippen molar-refractivity contribution < 1.29 is 0 Å². The van der Waals surface area contributed by atoms with Crippen LogP contribution in [0.15, 0.2) is 12.2 Å². The SMILES string of the molecule is C=C(CNC)CN(C)CC1CCC1. The Labute approximate surface area is 82.0 Å². The molecule has 0 bridgehead atoms. The van der Waals surface area contributed by atoms with E-state index in [-0.39, 0.29) is 0 Å². The summed E-state index contributed by atoms with van der Waals surface area (Å²) < 4.78 is 0. The van der Waals surface area contributed by atoms with E-state index in [2.05, 4.69) is 23.8 Å². The summed E-state index contributed by atoms with van der Waals surface area (Å²) in [6.45, 7) is 7.26.